The molecule has 0 unspecified atom stereocenters. The Bertz CT molecular complexity index is 592. The van der Waals surface area contributed by atoms with Gasteiger partial charge < -0.3 is 15.8 Å². The highest BCUT2D eigenvalue weighted by Gasteiger charge is 2.07. The van der Waals surface area contributed by atoms with E-state index in [1.165, 1.54) is 0 Å². The summed E-state index contributed by atoms with van der Waals surface area (Å²) in [4.78, 5) is 12.0. The van der Waals surface area contributed by atoms with Crippen LogP contribution in [0.5, 0.6) is 5.75 Å². The van der Waals surface area contributed by atoms with Crippen molar-refractivity contribution in [3.8, 4) is 5.75 Å². The van der Waals surface area contributed by atoms with Crippen molar-refractivity contribution in [3.63, 3.8) is 0 Å². The molecule has 0 atom stereocenters. The fourth-order valence-electron chi connectivity index (χ4n) is 1.77. The van der Waals surface area contributed by atoms with Gasteiger partial charge in [-0.3, -0.25) is 4.79 Å². The zero-order valence-corrected chi connectivity index (χ0v) is 12.6. The Labute approximate surface area is 126 Å². The standard InChI is InChI=1S/C15H15BrN2O2/c1-20-14-4-2-10(3-5-14)9-18-15(19)11-6-12(16)8-13(17)7-11/h2-8H,9,17H2,1H3,(H,18,19). The molecule has 0 aliphatic heterocycles. The maximum absolute atomic E-state index is 12.0. The third-order valence-electron chi connectivity index (χ3n) is 2.79. The molecule has 104 valence electrons. The van der Waals surface area contributed by atoms with Crippen LogP contribution in [0.15, 0.2) is 46.9 Å². The second kappa shape index (κ2) is 6.43. The topological polar surface area (TPSA) is 64.3 Å². The van der Waals surface area contributed by atoms with E-state index in [0.29, 0.717) is 17.8 Å². The maximum atomic E-state index is 12.0. The van der Waals surface area contributed by atoms with E-state index in [2.05, 4.69) is 21.2 Å². The third kappa shape index (κ3) is 3.74. The van der Waals surface area contributed by atoms with Crippen LogP contribution in [-0.4, -0.2) is 13.0 Å². The number of halogens is 1. The van der Waals surface area contributed by atoms with Gasteiger partial charge in [0.25, 0.3) is 5.91 Å². The van der Waals surface area contributed by atoms with Crippen molar-refractivity contribution in [3.05, 3.63) is 58.1 Å². The first kappa shape index (κ1) is 14.4. The number of nitrogen functional groups attached to an aromatic ring is 1. The molecule has 0 aromatic heterocycles. The predicted octanol–water partition coefficient (Wildman–Crippen LogP) is 2.97. The summed E-state index contributed by atoms with van der Waals surface area (Å²) in [5.41, 5.74) is 7.80. The summed E-state index contributed by atoms with van der Waals surface area (Å²) in [5.74, 6) is 0.633. The number of rotatable bonds is 4. The van der Waals surface area contributed by atoms with E-state index in [1.807, 2.05) is 24.3 Å². The highest BCUT2D eigenvalue weighted by atomic mass is 79.9. The average molecular weight is 335 g/mol. The quantitative estimate of drug-likeness (QED) is 0.845. The van der Waals surface area contributed by atoms with Crippen LogP contribution in [0.25, 0.3) is 0 Å². The van der Waals surface area contributed by atoms with E-state index < -0.39 is 0 Å². The van der Waals surface area contributed by atoms with Crippen molar-refractivity contribution >= 4 is 27.5 Å². The van der Waals surface area contributed by atoms with Gasteiger partial charge in [0, 0.05) is 22.3 Å². The number of nitrogens with two attached hydrogens (primary N) is 1. The number of benzene rings is 2. The number of hydrogen-bond donors (Lipinski definition) is 2. The largest absolute Gasteiger partial charge is 0.497 e. The van der Waals surface area contributed by atoms with Crippen molar-refractivity contribution in [1.29, 1.82) is 0 Å². The predicted molar refractivity (Wildman–Crippen MR) is 82.7 cm³/mol. The molecule has 0 heterocycles. The van der Waals surface area contributed by atoms with E-state index in [-0.39, 0.29) is 5.91 Å². The molecule has 2 rings (SSSR count). The normalized spacial score (nSPS) is 10.1. The maximum Gasteiger partial charge on any atom is 0.251 e. The molecule has 0 bridgehead atoms. The van der Waals surface area contributed by atoms with Gasteiger partial charge in [-0.05, 0) is 35.9 Å². The van der Waals surface area contributed by atoms with Gasteiger partial charge in [-0.15, -0.1) is 0 Å². The lowest BCUT2D eigenvalue weighted by Gasteiger charge is -2.07. The van der Waals surface area contributed by atoms with E-state index in [9.17, 15) is 4.79 Å². The molecule has 0 saturated heterocycles. The number of nitrogens with one attached hydrogen (secondary N) is 1. The lowest BCUT2D eigenvalue weighted by molar-refractivity contribution is 0.0951. The molecular weight excluding hydrogens is 320 g/mol. The van der Waals surface area contributed by atoms with Crippen molar-refractivity contribution in [1.82, 2.24) is 5.32 Å². The van der Waals surface area contributed by atoms with Crippen LogP contribution in [0.3, 0.4) is 0 Å². The zero-order chi connectivity index (χ0) is 14.5. The molecule has 2 aromatic rings. The second-order valence-corrected chi connectivity index (χ2v) is 5.22. The molecule has 5 heteroatoms. The van der Waals surface area contributed by atoms with E-state index in [4.69, 9.17) is 10.5 Å². The summed E-state index contributed by atoms with van der Waals surface area (Å²) in [6.45, 7) is 0.454. The van der Waals surface area contributed by atoms with Gasteiger partial charge in [-0.25, -0.2) is 0 Å². The Morgan fingerprint density at radius 1 is 1.25 bits per heavy atom. The first-order valence-electron chi connectivity index (χ1n) is 6.05. The van der Waals surface area contributed by atoms with Gasteiger partial charge in [0.15, 0.2) is 0 Å². The molecule has 0 fully saturated rings. The van der Waals surface area contributed by atoms with Crippen molar-refractivity contribution < 1.29 is 9.53 Å². The lowest BCUT2D eigenvalue weighted by atomic mass is 10.1. The zero-order valence-electron chi connectivity index (χ0n) is 11.0. The van der Waals surface area contributed by atoms with Crippen LogP contribution < -0.4 is 15.8 Å². The van der Waals surface area contributed by atoms with Gasteiger partial charge in [-0.1, -0.05) is 28.1 Å². The molecule has 1 amide bonds. The van der Waals surface area contributed by atoms with Gasteiger partial charge in [-0.2, -0.15) is 0 Å². The second-order valence-electron chi connectivity index (χ2n) is 4.30. The Hall–Kier alpha value is -2.01. The minimum absolute atomic E-state index is 0.159. The lowest BCUT2D eigenvalue weighted by Crippen LogP contribution is -2.22. The monoisotopic (exact) mass is 334 g/mol. The summed E-state index contributed by atoms with van der Waals surface area (Å²) in [5, 5.41) is 2.85. The molecule has 4 nitrogen and oxygen atoms in total. The number of carbonyl (C=O) groups is 1. The molecule has 0 saturated carbocycles. The highest BCUT2D eigenvalue weighted by Crippen LogP contribution is 2.17. The number of hydrogen-bond acceptors (Lipinski definition) is 3. The number of carbonyl (C=O) groups excluding carboxylic acids is 1. The summed E-state index contributed by atoms with van der Waals surface area (Å²) in [7, 11) is 1.62. The van der Waals surface area contributed by atoms with Crippen molar-refractivity contribution in [2.75, 3.05) is 12.8 Å². The van der Waals surface area contributed by atoms with Gasteiger partial charge in [0.05, 0.1) is 7.11 Å². The number of ether oxygens (including phenoxy) is 1. The number of methoxy groups -OCH3 is 1. The summed E-state index contributed by atoms with van der Waals surface area (Å²) >= 11 is 3.32. The first-order valence-corrected chi connectivity index (χ1v) is 6.85. The minimum atomic E-state index is -0.159. The SMILES string of the molecule is COc1ccc(CNC(=O)c2cc(N)cc(Br)c2)cc1. The molecule has 0 radical (unpaired) electrons. The summed E-state index contributed by atoms with van der Waals surface area (Å²) in [6, 6.07) is 12.7. The molecule has 20 heavy (non-hydrogen) atoms. The van der Waals surface area contributed by atoms with Crippen LogP contribution in [0.4, 0.5) is 5.69 Å². The first-order chi connectivity index (χ1) is 9.58. The Balaban J connectivity index is 2.00. The fraction of sp³-hybridized carbons (Fsp3) is 0.133. The van der Waals surface area contributed by atoms with E-state index in [1.54, 1.807) is 25.3 Å². The van der Waals surface area contributed by atoms with E-state index in [0.717, 1.165) is 15.8 Å². The van der Waals surface area contributed by atoms with Gasteiger partial charge >= 0.3 is 0 Å². The molecule has 2 aromatic carbocycles. The summed E-state index contributed by atoms with van der Waals surface area (Å²) in [6.07, 6.45) is 0. The smallest absolute Gasteiger partial charge is 0.251 e. The van der Waals surface area contributed by atoms with Crippen LogP contribution in [-0.2, 0) is 6.54 Å². The van der Waals surface area contributed by atoms with Crippen molar-refractivity contribution in [2.45, 2.75) is 6.54 Å². The molecule has 3 N–H and O–H groups in total. The van der Waals surface area contributed by atoms with E-state index >= 15 is 0 Å². The Kier molecular flexibility index (Phi) is 4.63. The number of amides is 1. The highest BCUT2D eigenvalue weighted by molar-refractivity contribution is 9.10. The van der Waals surface area contributed by atoms with Crippen LogP contribution in [0.1, 0.15) is 15.9 Å². The van der Waals surface area contributed by atoms with Gasteiger partial charge in [0.2, 0.25) is 0 Å². The Morgan fingerprint density at radius 3 is 2.55 bits per heavy atom. The fourth-order valence-corrected chi connectivity index (χ4v) is 2.28. The third-order valence-corrected chi connectivity index (χ3v) is 3.25. The molecule has 0 aliphatic carbocycles. The average Bonchev–Trinajstić information content (AvgIpc) is 2.44. The summed E-state index contributed by atoms with van der Waals surface area (Å²) < 4.78 is 5.87. The number of anilines is 1. The van der Waals surface area contributed by atoms with Crippen LogP contribution in [0, 0.1) is 0 Å². The molecule has 0 spiro atoms. The molecule has 0 aliphatic rings. The van der Waals surface area contributed by atoms with Crippen LogP contribution in [0.2, 0.25) is 0 Å². The molecular formula is C15H15BrN2O2. The Morgan fingerprint density at radius 2 is 1.95 bits per heavy atom. The van der Waals surface area contributed by atoms with Gasteiger partial charge in [0.1, 0.15) is 5.75 Å². The van der Waals surface area contributed by atoms with Crippen molar-refractivity contribution in [2.24, 2.45) is 0 Å². The van der Waals surface area contributed by atoms with Crippen LogP contribution >= 0.6 is 15.9 Å². The minimum Gasteiger partial charge on any atom is -0.497 e.